The van der Waals surface area contributed by atoms with Crippen LogP contribution in [0.2, 0.25) is 0 Å². The van der Waals surface area contributed by atoms with Crippen molar-refractivity contribution in [3.8, 4) is 27.9 Å². The van der Waals surface area contributed by atoms with Crippen LogP contribution in [0.3, 0.4) is 0 Å². The number of rotatable bonds is 2. The highest BCUT2D eigenvalue weighted by atomic mass is 32.2. The molecule has 1 aromatic heterocycles. The summed E-state index contributed by atoms with van der Waals surface area (Å²) < 4.78 is 2.56. The maximum Gasteiger partial charge on any atom is 0.0746 e. The van der Waals surface area contributed by atoms with Crippen molar-refractivity contribution in [1.29, 1.82) is 0 Å². The lowest BCUT2D eigenvalue weighted by molar-refractivity contribution is 0.797. The summed E-state index contributed by atoms with van der Waals surface area (Å²) in [4.78, 5) is 2.88. The van der Waals surface area contributed by atoms with Crippen molar-refractivity contribution < 1.29 is 0 Å². The summed E-state index contributed by atoms with van der Waals surface area (Å²) in [6.07, 6.45) is 5.77. The Morgan fingerprint density at radius 2 is 1.20 bits per heavy atom. The number of fused-ring (bicyclic) bond motifs is 17. The summed E-state index contributed by atoms with van der Waals surface area (Å²) in [6, 6.07) is 59.4. The Morgan fingerprint density at radius 3 is 1.94 bits per heavy atom. The third kappa shape index (κ3) is 3.53. The summed E-state index contributed by atoms with van der Waals surface area (Å²) in [5.74, 6) is 0.441. The third-order valence-corrected chi connectivity index (χ3v) is 13.2. The van der Waals surface area contributed by atoms with Crippen molar-refractivity contribution >= 4 is 39.1 Å². The van der Waals surface area contributed by atoms with Crippen molar-refractivity contribution in [3.63, 3.8) is 0 Å². The summed E-state index contributed by atoms with van der Waals surface area (Å²) in [7, 11) is 0. The van der Waals surface area contributed by atoms with Crippen LogP contribution in [0.25, 0.3) is 55.3 Å². The molecule has 1 atom stereocenters. The van der Waals surface area contributed by atoms with Crippen LogP contribution in [-0.4, -0.2) is 4.57 Å². The molecule has 0 fully saturated rings. The molecule has 2 heteroatoms. The molecule has 8 aromatic rings. The minimum Gasteiger partial charge on any atom is -0.309 e. The molecule has 0 amide bonds. The molecule has 0 saturated carbocycles. The van der Waals surface area contributed by atoms with Crippen LogP contribution in [0.15, 0.2) is 180 Å². The second-order valence-electron chi connectivity index (χ2n) is 14.3. The molecule has 1 unspecified atom stereocenters. The molecule has 7 aromatic carbocycles. The molecule has 2 heterocycles. The van der Waals surface area contributed by atoms with Gasteiger partial charge in [-0.1, -0.05) is 151 Å². The second kappa shape index (κ2) is 10.1. The van der Waals surface area contributed by atoms with Gasteiger partial charge in [-0.25, -0.2) is 0 Å². The predicted octanol–water partition coefficient (Wildman–Crippen LogP) is 12.7. The van der Waals surface area contributed by atoms with Gasteiger partial charge in [0.25, 0.3) is 0 Å². The molecular formula is C49H31NS. The van der Waals surface area contributed by atoms with E-state index in [1.807, 2.05) is 11.8 Å². The second-order valence-corrected chi connectivity index (χ2v) is 15.4. The van der Waals surface area contributed by atoms with Crippen LogP contribution in [0.1, 0.15) is 45.7 Å². The van der Waals surface area contributed by atoms with E-state index >= 15 is 0 Å². The van der Waals surface area contributed by atoms with Gasteiger partial charge in [0.2, 0.25) is 0 Å². The van der Waals surface area contributed by atoms with Crippen LogP contribution >= 0.6 is 11.8 Å². The number of benzene rings is 7. The first-order chi connectivity index (χ1) is 25.3. The zero-order chi connectivity index (χ0) is 33.3. The maximum absolute atomic E-state index is 2.56. The Kier molecular flexibility index (Phi) is 5.54. The van der Waals surface area contributed by atoms with Gasteiger partial charge < -0.3 is 4.57 Å². The molecule has 0 N–H and O–H groups in total. The van der Waals surface area contributed by atoms with Crippen molar-refractivity contribution in [2.24, 2.45) is 0 Å². The Bertz CT molecular complexity index is 2800. The highest BCUT2D eigenvalue weighted by Crippen LogP contribution is 2.64. The van der Waals surface area contributed by atoms with E-state index in [0.29, 0.717) is 5.92 Å². The lowest BCUT2D eigenvalue weighted by atomic mass is 9.70. The van der Waals surface area contributed by atoms with E-state index in [1.54, 1.807) is 0 Å². The highest BCUT2D eigenvalue weighted by molar-refractivity contribution is 8.03. The van der Waals surface area contributed by atoms with Crippen molar-refractivity contribution in [2.75, 3.05) is 0 Å². The zero-order valence-corrected chi connectivity index (χ0v) is 28.6. The van der Waals surface area contributed by atoms with E-state index in [9.17, 15) is 0 Å². The summed E-state index contributed by atoms with van der Waals surface area (Å²) in [5, 5.41) is 2.61. The Labute approximate surface area is 301 Å². The van der Waals surface area contributed by atoms with Crippen molar-refractivity contribution in [3.05, 3.63) is 208 Å². The van der Waals surface area contributed by atoms with Crippen LogP contribution in [-0.2, 0) is 5.41 Å². The fourth-order valence-electron chi connectivity index (χ4n) is 9.99. The van der Waals surface area contributed by atoms with E-state index in [2.05, 4.69) is 174 Å². The van der Waals surface area contributed by atoms with E-state index in [1.165, 1.54) is 98.5 Å². The average Bonchev–Trinajstić information content (AvgIpc) is 3.91. The molecule has 238 valence electrons. The Morgan fingerprint density at radius 1 is 0.549 bits per heavy atom. The lowest BCUT2D eigenvalue weighted by Gasteiger charge is -2.31. The number of allylic oxidation sites excluding steroid dienone is 4. The van der Waals surface area contributed by atoms with Gasteiger partial charge in [-0.15, -0.1) is 0 Å². The fourth-order valence-corrected chi connectivity index (χ4v) is 11.2. The number of aromatic nitrogens is 1. The van der Waals surface area contributed by atoms with Gasteiger partial charge >= 0.3 is 0 Å². The summed E-state index contributed by atoms with van der Waals surface area (Å²) in [5.41, 5.74) is 18.3. The third-order valence-electron chi connectivity index (χ3n) is 12.0. The number of hydrogen-bond donors (Lipinski definition) is 0. The monoisotopic (exact) mass is 665 g/mol. The molecule has 1 aliphatic heterocycles. The molecule has 0 bridgehead atoms. The van der Waals surface area contributed by atoms with Gasteiger partial charge in [-0.2, -0.15) is 0 Å². The fraction of sp³-hybridized carbons (Fsp3) is 0.0612. The predicted molar refractivity (Wildman–Crippen MR) is 213 cm³/mol. The zero-order valence-electron chi connectivity index (χ0n) is 27.8. The minimum absolute atomic E-state index is 0.428. The van der Waals surface area contributed by atoms with Crippen LogP contribution in [0, 0.1) is 0 Å². The molecule has 3 aliphatic carbocycles. The van der Waals surface area contributed by atoms with E-state index < -0.39 is 5.41 Å². The molecule has 51 heavy (non-hydrogen) atoms. The van der Waals surface area contributed by atoms with Gasteiger partial charge in [-0.3, -0.25) is 0 Å². The number of nitrogens with zero attached hydrogens (tertiary/aromatic N) is 1. The highest BCUT2D eigenvalue weighted by Gasteiger charge is 2.53. The van der Waals surface area contributed by atoms with E-state index in [-0.39, 0.29) is 0 Å². The first-order valence-corrected chi connectivity index (χ1v) is 18.8. The summed E-state index contributed by atoms with van der Waals surface area (Å²) >= 11 is 1.94. The van der Waals surface area contributed by atoms with E-state index in [0.717, 1.165) is 6.42 Å². The number of para-hydroxylation sites is 1. The summed E-state index contributed by atoms with van der Waals surface area (Å²) in [6.45, 7) is 0. The van der Waals surface area contributed by atoms with Crippen LogP contribution in [0.5, 0.6) is 0 Å². The van der Waals surface area contributed by atoms with Gasteiger partial charge in [0, 0.05) is 32.8 Å². The quantitative estimate of drug-likeness (QED) is 0.178. The topological polar surface area (TPSA) is 4.93 Å². The minimum atomic E-state index is -0.428. The smallest absolute Gasteiger partial charge is 0.0746 e. The molecule has 0 radical (unpaired) electrons. The van der Waals surface area contributed by atoms with Gasteiger partial charge in [0.05, 0.1) is 16.4 Å². The SMILES string of the molecule is C1=C(c2ccc3c(c2)c2ccc4c(c2n3-c2ccccc2)C2(c3ccccc3-c3ccccc32)c2ccccc2-4)CC2C(=C1)Sc1ccccc12. The normalized spacial score (nSPS) is 17.1. The standard InChI is InChI=1S/C49H31NS/c1-2-12-32(13-3-1)50-44-26-22-30(31-23-27-46-40(29-31)36-17-7-11-21-45(36)51-46)28-39(44)38-25-24-37-35-16-6-10-20-43(35)49(47(37)48(38)50)41-18-8-4-14-33(41)34-15-5-9-19-42(34)49/h1-28,40H,29H2. The van der Waals surface area contributed by atoms with Gasteiger partial charge in [0.15, 0.2) is 0 Å². The molecule has 1 spiro atoms. The Hall–Kier alpha value is -5.83. The molecule has 1 nitrogen and oxygen atoms in total. The first kappa shape index (κ1) is 27.9. The molecule has 4 aliphatic rings. The van der Waals surface area contributed by atoms with Crippen molar-refractivity contribution in [1.82, 2.24) is 4.57 Å². The number of thioether (sulfide) groups is 1. The van der Waals surface area contributed by atoms with Gasteiger partial charge in [-0.05, 0) is 97.3 Å². The van der Waals surface area contributed by atoms with Crippen LogP contribution in [0.4, 0.5) is 0 Å². The molecule has 12 rings (SSSR count). The Balaban J connectivity index is 1.17. The largest absolute Gasteiger partial charge is 0.309 e. The first-order valence-electron chi connectivity index (χ1n) is 17.9. The molecule has 0 saturated heterocycles. The average molecular weight is 666 g/mol. The lowest BCUT2D eigenvalue weighted by Crippen LogP contribution is -2.26. The van der Waals surface area contributed by atoms with Gasteiger partial charge in [0.1, 0.15) is 0 Å². The van der Waals surface area contributed by atoms with Crippen molar-refractivity contribution in [2.45, 2.75) is 22.6 Å². The number of hydrogen-bond acceptors (Lipinski definition) is 1. The van der Waals surface area contributed by atoms with Crippen LogP contribution < -0.4 is 0 Å². The molecular weight excluding hydrogens is 635 g/mol. The van der Waals surface area contributed by atoms with E-state index in [4.69, 9.17) is 0 Å². The maximum atomic E-state index is 2.56.